The van der Waals surface area contributed by atoms with Gasteiger partial charge in [-0.15, -0.1) is 5.10 Å². The van der Waals surface area contributed by atoms with E-state index in [0.29, 0.717) is 17.9 Å². The molecule has 4 nitrogen and oxygen atoms in total. The maximum atomic E-state index is 13.7. The third-order valence-electron chi connectivity index (χ3n) is 3.06. The molecule has 0 amide bonds. The van der Waals surface area contributed by atoms with E-state index in [9.17, 15) is 4.39 Å². The fourth-order valence-corrected chi connectivity index (χ4v) is 2.04. The first-order valence-corrected chi connectivity index (χ1v) is 6.59. The molecule has 0 bridgehead atoms. The van der Waals surface area contributed by atoms with Crippen LogP contribution in [-0.2, 0) is 6.42 Å². The molecule has 1 atom stereocenters. The Hall–Kier alpha value is -2.01. The molecule has 1 N–H and O–H groups in total. The molecule has 0 saturated heterocycles. The van der Waals surface area contributed by atoms with Gasteiger partial charge in [0.05, 0.1) is 18.8 Å². The van der Waals surface area contributed by atoms with E-state index in [1.165, 1.54) is 6.07 Å². The molecule has 1 aromatic carbocycles. The summed E-state index contributed by atoms with van der Waals surface area (Å²) in [5.41, 5.74) is 1.44. The number of aromatic nitrogens is 2. The minimum absolute atomic E-state index is 0.0738. The second kappa shape index (κ2) is 6.96. The van der Waals surface area contributed by atoms with Gasteiger partial charge in [0.15, 0.2) is 0 Å². The number of hydrogen-bond acceptors (Lipinski definition) is 4. The van der Waals surface area contributed by atoms with Crippen molar-refractivity contribution in [1.82, 2.24) is 15.5 Å². The first-order valence-electron chi connectivity index (χ1n) is 6.59. The zero-order chi connectivity index (χ0) is 14.4. The van der Waals surface area contributed by atoms with Gasteiger partial charge in [0, 0.05) is 6.07 Å². The van der Waals surface area contributed by atoms with Gasteiger partial charge in [-0.3, -0.25) is 0 Å². The minimum Gasteiger partial charge on any atom is -0.480 e. The molecule has 0 radical (unpaired) electrons. The van der Waals surface area contributed by atoms with Crippen LogP contribution in [0.5, 0.6) is 5.88 Å². The zero-order valence-corrected chi connectivity index (χ0v) is 11.6. The van der Waals surface area contributed by atoms with Crippen molar-refractivity contribution in [3.8, 4) is 5.88 Å². The number of methoxy groups -OCH3 is 1. The van der Waals surface area contributed by atoms with Crippen LogP contribution < -0.4 is 10.1 Å². The summed E-state index contributed by atoms with van der Waals surface area (Å²) in [5.74, 6) is 0.270. The second-order valence-corrected chi connectivity index (χ2v) is 4.41. The molecule has 2 rings (SSSR count). The average molecular weight is 275 g/mol. The molecule has 20 heavy (non-hydrogen) atoms. The number of nitrogens with zero attached hydrogens (tertiary/aromatic N) is 2. The van der Waals surface area contributed by atoms with Gasteiger partial charge in [0.2, 0.25) is 5.88 Å². The van der Waals surface area contributed by atoms with Crippen molar-refractivity contribution in [2.75, 3.05) is 13.7 Å². The van der Waals surface area contributed by atoms with Gasteiger partial charge in [-0.1, -0.05) is 25.1 Å². The third kappa shape index (κ3) is 3.51. The number of likely N-dealkylation sites (N-methyl/N-ethyl adjacent to an activating group) is 1. The summed E-state index contributed by atoms with van der Waals surface area (Å²) in [6.07, 6.45) is 0.529. The third-order valence-corrected chi connectivity index (χ3v) is 3.06. The van der Waals surface area contributed by atoms with Gasteiger partial charge in [-0.05, 0) is 30.7 Å². The second-order valence-electron chi connectivity index (χ2n) is 4.41. The number of benzene rings is 1. The summed E-state index contributed by atoms with van der Waals surface area (Å²) in [6, 6.07) is 10.3. The van der Waals surface area contributed by atoms with Gasteiger partial charge >= 0.3 is 0 Å². The summed E-state index contributed by atoms with van der Waals surface area (Å²) >= 11 is 0. The first kappa shape index (κ1) is 14.4. The van der Waals surface area contributed by atoms with E-state index in [4.69, 9.17) is 4.74 Å². The highest BCUT2D eigenvalue weighted by atomic mass is 19.1. The van der Waals surface area contributed by atoms with Gasteiger partial charge in [0.1, 0.15) is 5.82 Å². The largest absolute Gasteiger partial charge is 0.480 e. The van der Waals surface area contributed by atoms with Gasteiger partial charge in [-0.2, -0.15) is 5.10 Å². The Bertz CT molecular complexity index is 545. The lowest BCUT2D eigenvalue weighted by atomic mass is 10.0. The maximum Gasteiger partial charge on any atom is 0.233 e. The molecule has 5 heteroatoms. The van der Waals surface area contributed by atoms with Crippen LogP contribution in [0.25, 0.3) is 0 Å². The smallest absolute Gasteiger partial charge is 0.233 e. The number of ether oxygens (including phenoxy) is 1. The van der Waals surface area contributed by atoms with Crippen LogP contribution in [0.4, 0.5) is 4.39 Å². The Labute approximate surface area is 118 Å². The summed E-state index contributed by atoms with van der Waals surface area (Å²) in [6.45, 7) is 2.78. The molecule has 2 aromatic rings. The van der Waals surface area contributed by atoms with Crippen LogP contribution in [0.2, 0.25) is 0 Å². The number of rotatable bonds is 6. The molecule has 0 fully saturated rings. The SMILES string of the molecule is CCNC(Cc1ccccc1F)c1ccc(OC)nn1. The fraction of sp³-hybridized carbons (Fsp3) is 0.333. The molecular formula is C15H18FN3O. The average Bonchev–Trinajstić information content (AvgIpc) is 2.49. The molecule has 1 heterocycles. The van der Waals surface area contributed by atoms with Crippen molar-refractivity contribution < 1.29 is 9.13 Å². The zero-order valence-electron chi connectivity index (χ0n) is 11.6. The molecule has 0 aliphatic carbocycles. The molecule has 0 aliphatic rings. The Kier molecular flexibility index (Phi) is 5.01. The van der Waals surface area contributed by atoms with Crippen LogP contribution in [0.1, 0.15) is 24.2 Å². The lowest BCUT2D eigenvalue weighted by molar-refractivity contribution is 0.389. The lowest BCUT2D eigenvalue weighted by Crippen LogP contribution is -2.24. The van der Waals surface area contributed by atoms with E-state index in [0.717, 1.165) is 12.2 Å². The van der Waals surface area contributed by atoms with Crippen LogP contribution in [0.3, 0.4) is 0 Å². The Morgan fingerprint density at radius 3 is 2.60 bits per heavy atom. The number of halogens is 1. The molecular weight excluding hydrogens is 257 g/mol. The van der Waals surface area contributed by atoms with Crippen molar-refractivity contribution in [2.45, 2.75) is 19.4 Å². The highest BCUT2D eigenvalue weighted by molar-refractivity contribution is 5.22. The summed E-state index contributed by atoms with van der Waals surface area (Å²) in [4.78, 5) is 0. The minimum atomic E-state index is -0.197. The topological polar surface area (TPSA) is 47.0 Å². The molecule has 0 saturated carbocycles. The van der Waals surface area contributed by atoms with E-state index in [-0.39, 0.29) is 11.9 Å². The Morgan fingerprint density at radius 1 is 1.20 bits per heavy atom. The summed E-state index contributed by atoms with van der Waals surface area (Å²) < 4.78 is 18.7. The van der Waals surface area contributed by atoms with Crippen molar-refractivity contribution in [2.24, 2.45) is 0 Å². The molecule has 0 aliphatic heterocycles. The first-order chi connectivity index (χ1) is 9.74. The van der Waals surface area contributed by atoms with Crippen LogP contribution in [0.15, 0.2) is 36.4 Å². The highest BCUT2D eigenvalue weighted by Crippen LogP contribution is 2.19. The standard InChI is InChI=1S/C15H18FN3O/c1-3-17-14(10-11-6-4-5-7-12(11)16)13-8-9-15(20-2)19-18-13/h4-9,14,17H,3,10H2,1-2H3. The van der Waals surface area contributed by atoms with E-state index >= 15 is 0 Å². The highest BCUT2D eigenvalue weighted by Gasteiger charge is 2.15. The predicted octanol–water partition coefficient (Wildman–Crippen LogP) is 2.52. The molecule has 106 valence electrons. The monoisotopic (exact) mass is 275 g/mol. The van der Waals surface area contributed by atoms with Crippen molar-refractivity contribution in [3.63, 3.8) is 0 Å². The number of hydrogen-bond donors (Lipinski definition) is 1. The Balaban J connectivity index is 2.19. The van der Waals surface area contributed by atoms with Gasteiger partial charge in [-0.25, -0.2) is 4.39 Å². The fourth-order valence-electron chi connectivity index (χ4n) is 2.04. The quantitative estimate of drug-likeness (QED) is 0.880. The predicted molar refractivity (Wildman–Crippen MR) is 75.1 cm³/mol. The van der Waals surface area contributed by atoms with Gasteiger partial charge in [0.25, 0.3) is 0 Å². The lowest BCUT2D eigenvalue weighted by Gasteiger charge is -2.17. The van der Waals surface area contributed by atoms with Crippen molar-refractivity contribution in [1.29, 1.82) is 0 Å². The number of nitrogens with one attached hydrogen (secondary N) is 1. The van der Waals surface area contributed by atoms with E-state index in [1.807, 2.05) is 19.1 Å². The van der Waals surface area contributed by atoms with Crippen LogP contribution in [0, 0.1) is 5.82 Å². The normalized spacial score (nSPS) is 12.2. The van der Waals surface area contributed by atoms with Crippen molar-refractivity contribution >= 4 is 0 Å². The summed E-state index contributed by atoms with van der Waals surface area (Å²) in [7, 11) is 1.55. The van der Waals surface area contributed by atoms with Crippen LogP contribution in [-0.4, -0.2) is 23.9 Å². The summed E-state index contributed by atoms with van der Waals surface area (Å²) in [5, 5.41) is 11.4. The maximum absolute atomic E-state index is 13.7. The molecule has 0 spiro atoms. The van der Waals surface area contributed by atoms with Gasteiger partial charge < -0.3 is 10.1 Å². The van der Waals surface area contributed by atoms with E-state index < -0.39 is 0 Å². The van der Waals surface area contributed by atoms with E-state index in [2.05, 4.69) is 15.5 Å². The molecule has 1 aromatic heterocycles. The molecule has 1 unspecified atom stereocenters. The van der Waals surface area contributed by atoms with Crippen LogP contribution >= 0.6 is 0 Å². The van der Waals surface area contributed by atoms with E-state index in [1.54, 1.807) is 25.3 Å². The van der Waals surface area contributed by atoms with Crippen molar-refractivity contribution in [3.05, 3.63) is 53.5 Å². The Morgan fingerprint density at radius 2 is 2.00 bits per heavy atom.